The van der Waals surface area contributed by atoms with Gasteiger partial charge in [-0.05, 0) is 17.9 Å². The van der Waals surface area contributed by atoms with E-state index in [2.05, 4.69) is 0 Å². The molecule has 0 unspecified atom stereocenters. The lowest BCUT2D eigenvalue weighted by atomic mass is 10.1. The number of benzene rings is 1. The van der Waals surface area contributed by atoms with E-state index >= 15 is 0 Å². The number of hydrogen-bond donors (Lipinski definition) is 0. The third-order valence-corrected chi connectivity index (χ3v) is 5.44. The van der Waals surface area contributed by atoms with E-state index in [0.29, 0.717) is 17.4 Å². The van der Waals surface area contributed by atoms with E-state index in [1.54, 1.807) is 12.4 Å². The first kappa shape index (κ1) is 19.1. The molecule has 3 rings (SSSR count). The van der Waals surface area contributed by atoms with Crippen molar-refractivity contribution < 1.29 is 9.53 Å². The Kier molecular flexibility index (Phi) is 5.60. The van der Waals surface area contributed by atoms with Gasteiger partial charge in [-0.2, -0.15) is 0 Å². The molecule has 3 aromatic rings. The molecular formula is C20H22N2O4S. The van der Waals surface area contributed by atoms with Crippen LogP contribution in [0.5, 0.6) is 0 Å². The van der Waals surface area contributed by atoms with Gasteiger partial charge in [0.2, 0.25) is 0 Å². The lowest BCUT2D eigenvalue weighted by Crippen LogP contribution is -2.39. The summed E-state index contributed by atoms with van der Waals surface area (Å²) in [6, 6.07) is 9.28. The van der Waals surface area contributed by atoms with Crippen molar-refractivity contribution in [3.8, 4) is 0 Å². The quantitative estimate of drug-likeness (QED) is 0.611. The summed E-state index contributed by atoms with van der Waals surface area (Å²) in [5.41, 5.74) is 0.195. The maximum absolute atomic E-state index is 13.0. The van der Waals surface area contributed by atoms with Crippen molar-refractivity contribution >= 4 is 27.5 Å². The molecule has 1 aromatic carbocycles. The third kappa shape index (κ3) is 3.88. The second-order valence-corrected chi connectivity index (χ2v) is 7.72. The van der Waals surface area contributed by atoms with Gasteiger partial charge in [0, 0.05) is 12.4 Å². The van der Waals surface area contributed by atoms with E-state index in [1.165, 1.54) is 15.9 Å². The number of fused-ring (bicyclic) bond motifs is 1. The standard InChI is InChI=1S/C20H22N2O4S/c1-13(2)9-10-26-19(24)15-12-27-18-16(15)17(23)22(20(25)21(18)3)11-14-7-5-4-6-8-14/h4-8,12-13H,9-11H2,1-3H3. The van der Waals surface area contributed by atoms with Crippen molar-refractivity contribution in [3.05, 3.63) is 67.7 Å². The Hall–Kier alpha value is -2.67. The Bertz CT molecular complexity index is 1080. The van der Waals surface area contributed by atoms with Crippen molar-refractivity contribution in [1.29, 1.82) is 0 Å². The van der Waals surface area contributed by atoms with E-state index in [-0.39, 0.29) is 17.5 Å². The zero-order valence-corrected chi connectivity index (χ0v) is 16.4. The van der Waals surface area contributed by atoms with Crippen molar-refractivity contribution in [2.75, 3.05) is 6.61 Å². The van der Waals surface area contributed by atoms with Crippen LogP contribution in [0.3, 0.4) is 0 Å². The number of hydrogen-bond acceptors (Lipinski definition) is 5. The Morgan fingerprint density at radius 2 is 1.89 bits per heavy atom. The zero-order valence-electron chi connectivity index (χ0n) is 15.6. The van der Waals surface area contributed by atoms with Crippen LogP contribution in [-0.2, 0) is 18.3 Å². The minimum atomic E-state index is -0.524. The van der Waals surface area contributed by atoms with E-state index in [1.807, 2.05) is 44.2 Å². The number of nitrogens with zero attached hydrogens (tertiary/aromatic N) is 2. The van der Waals surface area contributed by atoms with Gasteiger partial charge in [-0.3, -0.25) is 13.9 Å². The van der Waals surface area contributed by atoms with E-state index in [9.17, 15) is 14.4 Å². The van der Waals surface area contributed by atoms with Gasteiger partial charge in [0.25, 0.3) is 5.56 Å². The molecular weight excluding hydrogens is 364 g/mol. The topological polar surface area (TPSA) is 70.3 Å². The zero-order chi connectivity index (χ0) is 19.6. The van der Waals surface area contributed by atoms with Gasteiger partial charge in [0.05, 0.1) is 24.1 Å². The van der Waals surface area contributed by atoms with Crippen LogP contribution >= 0.6 is 11.3 Å². The molecule has 0 saturated heterocycles. The predicted octanol–water partition coefficient (Wildman–Crippen LogP) is 3.01. The maximum Gasteiger partial charge on any atom is 0.339 e. The average Bonchev–Trinajstić information content (AvgIpc) is 3.09. The van der Waals surface area contributed by atoms with E-state index in [4.69, 9.17) is 4.74 Å². The van der Waals surface area contributed by atoms with Crippen LogP contribution in [0.4, 0.5) is 0 Å². The largest absolute Gasteiger partial charge is 0.462 e. The number of carbonyl (C=O) groups excluding carboxylic acids is 1. The molecule has 0 saturated carbocycles. The number of esters is 1. The van der Waals surface area contributed by atoms with Crippen LogP contribution in [0.2, 0.25) is 0 Å². The average molecular weight is 386 g/mol. The third-order valence-electron chi connectivity index (χ3n) is 4.38. The first-order valence-electron chi connectivity index (χ1n) is 8.82. The molecule has 0 spiro atoms. The van der Waals surface area contributed by atoms with Gasteiger partial charge in [-0.25, -0.2) is 9.59 Å². The molecule has 7 heteroatoms. The smallest absolute Gasteiger partial charge is 0.339 e. The van der Waals surface area contributed by atoms with E-state index < -0.39 is 17.2 Å². The second-order valence-electron chi connectivity index (χ2n) is 6.87. The van der Waals surface area contributed by atoms with Crippen LogP contribution in [-0.4, -0.2) is 21.7 Å². The van der Waals surface area contributed by atoms with Crippen molar-refractivity contribution in [1.82, 2.24) is 9.13 Å². The summed E-state index contributed by atoms with van der Waals surface area (Å²) in [6.07, 6.45) is 0.754. The fourth-order valence-corrected chi connectivity index (χ4v) is 3.81. The van der Waals surface area contributed by atoms with Crippen LogP contribution < -0.4 is 11.2 Å². The Morgan fingerprint density at radius 3 is 2.56 bits per heavy atom. The Balaban J connectivity index is 2.05. The summed E-state index contributed by atoms with van der Waals surface area (Å²) in [4.78, 5) is 38.6. The normalized spacial score (nSPS) is 11.3. The van der Waals surface area contributed by atoms with Gasteiger partial charge < -0.3 is 4.74 Å². The summed E-state index contributed by atoms with van der Waals surface area (Å²) in [5.74, 6) is -0.107. The number of aryl methyl sites for hydroxylation is 1. The number of rotatable bonds is 6. The van der Waals surface area contributed by atoms with Gasteiger partial charge in [0.15, 0.2) is 0 Å². The molecule has 27 heavy (non-hydrogen) atoms. The highest BCUT2D eigenvalue weighted by Gasteiger charge is 2.21. The Labute approximate surface area is 160 Å². The maximum atomic E-state index is 13.0. The predicted molar refractivity (Wildman–Crippen MR) is 107 cm³/mol. The molecule has 0 amide bonds. The summed E-state index contributed by atoms with van der Waals surface area (Å²) in [7, 11) is 1.61. The van der Waals surface area contributed by atoms with Gasteiger partial charge >= 0.3 is 11.7 Å². The van der Waals surface area contributed by atoms with Gasteiger partial charge in [-0.15, -0.1) is 11.3 Å². The monoisotopic (exact) mass is 386 g/mol. The first-order chi connectivity index (χ1) is 12.9. The van der Waals surface area contributed by atoms with Crippen molar-refractivity contribution in [2.24, 2.45) is 13.0 Å². The summed E-state index contributed by atoms with van der Waals surface area (Å²) >= 11 is 1.20. The molecule has 0 aliphatic heterocycles. The number of carbonyl (C=O) groups is 1. The number of ether oxygens (including phenoxy) is 1. The van der Waals surface area contributed by atoms with E-state index in [0.717, 1.165) is 16.6 Å². The summed E-state index contributed by atoms with van der Waals surface area (Å²) < 4.78 is 7.89. The molecule has 0 atom stereocenters. The minimum absolute atomic E-state index is 0.153. The van der Waals surface area contributed by atoms with Crippen LogP contribution in [0.25, 0.3) is 10.2 Å². The minimum Gasteiger partial charge on any atom is -0.462 e. The first-order valence-corrected chi connectivity index (χ1v) is 9.70. The van der Waals surface area contributed by atoms with Crippen LogP contribution in [0, 0.1) is 5.92 Å². The molecule has 6 nitrogen and oxygen atoms in total. The second kappa shape index (κ2) is 7.92. The molecule has 2 aromatic heterocycles. The highest BCUT2D eigenvalue weighted by molar-refractivity contribution is 7.17. The molecule has 0 radical (unpaired) electrons. The van der Waals surface area contributed by atoms with Gasteiger partial charge in [-0.1, -0.05) is 44.2 Å². The lowest BCUT2D eigenvalue weighted by molar-refractivity contribution is 0.0491. The van der Waals surface area contributed by atoms with Crippen molar-refractivity contribution in [2.45, 2.75) is 26.8 Å². The highest BCUT2D eigenvalue weighted by atomic mass is 32.1. The van der Waals surface area contributed by atoms with Crippen LogP contribution in [0.1, 0.15) is 36.2 Å². The van der Waals surface area contributed by atoms with Gasteiger partial charge in [0.1, 0.15) is 4.83 Å². The van der Waals surface area contributed by atoms with Crippen molar-refractivity contribution in [3.63, 3.8) is 0 Å². The fraction of sp³-hybridized carbons (Fsp3) is 0.350. The number of aromatic nitrogens is 2. The highest BCUT2D eigenvalue weighted by Crippen LogP contribution is 2.22. The number of thiophene rings is 1. The molecule has 0 aliphatic carbocycles. The summed E-state index contributed by atoms with van der Waals surface area (Å²) in [5, 5.41) is 1.84. The molecule has 142 valence electrons. The SMILES string of the molecule is CC(C)CCOC(=O)c1csc2c1c(=O)n(Cc1ccccc1)c(=O)n2C. The van der Waals surface area contributed by atoms with Crippen LogP contribution in [0.15, 0.2) is 45.3 Å². The molecule has 0 bridgehead atoms. The fourth-order valence-electron chi connectivity index (χ4n) is 2.81. The summed E-state index contributed by atoms with van der Waals surface area (Å²) in [6.45, 7) is 4.55. The molecule has 0 N–H and O–H groups in total. The lowest BCUT2D eigenvalue weighted by Gasteiger charge is -2.10. The molecule has 0 aliphatic rings. The molecule has 0 fully saturated rings. The Morgan fingerprint density at radius 1 is 1.19 bits per heavy atom. The molecule has 2 heterocycles.